The zero-order valence-electron chi connectivity index (χ0n) is 39.8. The lowest BCUT2D eigenvalue weighted by atomic mass is 9.90. The number of ether oxygens (including phenoxy) is 5. The van der Waals surface area contributed by atoms with Gasteiger partial charge in [0, 0.05) is 31.2 Å². The summed E-state index contributed by atoms with van der Waals surface area (Å²) in [5.41, 5.74) is 7.81. The number of carbonyl (C=O) groups is 3. The summed E-state index contributed by atoms with van der Waals surface area (Å²) in [5.74, 6) is -1.79. The van der Waals surface area contributed by atoms with Crippen molar-refractivity contribution in [3.63, 3.8) is 0 Å². The average Bonchev–Trinajstić information content (AvgIpc) is 3.95. The van der Waals surface area contributed by atoms with Crippen molar-refractivity contribution in [2.45, 2.75) is 121 Å². The van der Waals surface area contributed by atoms with Crippen LogP contribution in [0.3, 0.4) is 0 Å². The van der Waals surface area contributed by atoms with Gasteiger partial charge in [-0.25, -0.2) is 18.9 Å². The minimum Gasteiger partial charge on any atom is -0.464 e. The molecule has 7 rings (SSSR count). The number of nitrogen functional groups attached to an aromatic ring is 1. The number of amides is 3. The van der Waals surface area contributed by atoms with E-state index >= 15 is 4.79 Å². The summed E-state index contributed by atoms with van der Waals surface area (Å²) >= 11 is 0. The van der Waals surface area contributed by atoms with Crippen LogP contribution < -0.4 is 15.6 Å². The largest absolute Gasteiger partial charge is 0.464 e. The summed E-state index contributed by atoms with van der Waals surface area (Å²) in [7, 11) is -4.08. The molecule has 1 aliphatic carbocycles. The molecule has 0 bridgehead atoms. The Bertz CT molecular complexity index is 2450. The number of rotatable bonds is 19. The number of benzene rings is 4. The van der Waals surface area contributed by atoms with E-state index in [4.69, 9.17) is 43.9 Å². The molecule has 4 N–H and O–H groups in total. The predicted octanol–water partition coefficient (Wildman–Crippen LogP) is 9.22. The zero-order chi connectivity index (χ0) is 48.9. The predicted molar refractivity (Wildman–Crippen MR) is 257 cm³/mol. The molecule has 17 heteroatoms. The summed E-state index contributed by atoms with van der Waals surface area (Å²) < 4.78 is 56.4. The smallest absolute Gasteiger partial charge is 0.412 e. The van der Waals surface area contributed by atoms with Crippen LogP contribution in [0.4, 0.5) is 15.3 Å². The van der Waals surface area contributed by atoms with Crippen molar-refractivity contribution in [3.8, 4) is 5.75 Å². The fourth-order valence-electron chi connectivity index (χ4n) is 9.20. The minimum absolute atomic E-state index is 0.0492. The van der Waals surface area contributed by atoms with Crippen molar-refractivity contribution in [1.29, 1.82) is 5.41 Å². The van der Waals surface area contributed by atoms with Crippen LogP contribution in [-0.4, -0.2) is 101 Å². The SMILES string of the molecule is CCOC(=O)[C@H](C)OP(=O)(COCCCN1C(=O)N(Cc2ccc(NC(=O)OC(C)(C)C)c(C(=N)N)c2)[C@H](Cc2ccccc2)[C@@H]2OC(C)(C)O[C@H]2C12CC2c1ccccc1)Oc1ccccc1. The van der Waals surface area contributed by atoms with Crippen molar-refractivity contribution in [1.82, 2.24) is 9.80 Å². The van der Waals surface area contributed by atoms with Crippen LogP contribution in [0, 0.1) is 5.41 Å². The van der Waals surface area contributed by atoms with Gasteiger partial charge < -0.3 is 43.7 Å². The number of nitrogens with two attached hydrogens (primary N) is 1. The molecule has 4 aromatic rings. The molecule has 16 nitrogen and oxygen atoms in total. The summed E-state index contributed by atoms with van der Waals surface area (Å²) in [6.07, 6.45) is -2.15. The van der Waals surface area contributed by atoms with Gasteiger partial charge in [-0.15, -0.1) is 0 Å². The Hall–Kier alpha value is -5.77. The Kier molecular flexibility index (Phi) is 15.4. The van der Waals surface area contributed by atoms with Crippen LogP contribution in [0.5, 0.6) is 5.75 Å². The molecular formula is C51H64N5O11P. The number of para-hydroxylation sites is 1. The lowest BCUT2D eigenvalue weighted by Gasteiger charge is -2.38. The number of nitrogens with one attached hydrogen (secondary N) is 2. The Balaban J connectivity index is 1.23. The van der Waals surface area contributed by atoms with Crippen LogP contribution in [-0.2, 0) is 50.5 Å². The number of esters is 1. The highest BCUT2D eigenvalue weighted by Gasteiger charge is 2.72. The van der Waals surface area contributed by atoms with Gasteiger partial charge in [0.25, 0.3) is 0 Å². The molecule has 2 saturated heterocycles. The molecule has 3 fully saturated rings. The molecule has 68 heavy (non-hydrogen) atoms. The van der Waals surface area contributed by atoms with E-state index in [1.807, 2.05) is 72.2 Å². The standard InChI is InChI=1S/C51H64N5O11P/c1-8-62-46(57)34(2)66-68(60,67-38-23-16-11-17-24-38)33-61-28-18-27-56-48(59)55(32-36-25-26-41(39(29-36)45(52)53)54-47(58)65-49(3,4)5)42(30-35-19-12-9-13-20-35)43-44(64-50(6,7)63-43)51(56)31-40(51)37-21-14-10-15-22-37/h9-17,19-26,29,34,40,42-44H,8,18,27-28,30-33H2,1-7H3,(H3,52,53)(H,54,58)/t34-,40?,42+,43-,44+,51?,68?/m0/s1. The van der Waals surface area contributed by atoms with E-state index in [0.717, 1.165) is 11.1 Å². The van der Waals surface area contributed by atoms with Gasteiger partial charge in [-0.1, -0.05) is 84.9 Å². The van der Waals surface area contributed by atoms with Crippen LogP contribution in [0.25, 0.3) is 0 Å². The highest BCUT2D eigenvalue weighted by molar-refractivity contribution is 7.54. The van der Waals surface area contributed by atoms with Crippen LogP contribution in [0.15, 0.2) is 109 Å². The van der Waals surface area contributed by atoms with Gasteiger partial charge >= 0.3 is 25.7 Å². The molecule has 3 amide bonds. The number of fused-ring (bicyclic) bond motifs is 2. The van der Waals surface area contributed by atoms with E-state index in [-0.39, 0.29) is 61.1 Å². The van der Waals surface area contributed by atoms with Gasteiger partial charge in [0.15, 0.2) is 18.2 Å². The van der Waals surface area contributed by atoms with Gasteiger partial charge in [0.1, 0.15) is 29.4 Å². The van der Waals surface area contributed by atoms with Gasteiger partial charge in [0.2, 0.25) is 0 Å². The Labute approximate surface area is 398 Å². The van der Waals surface area contributed by atoms with Crippen molar-refractivity contribution in [2.75, 3.05) is 31.4 Å². The van der Waals surface area contributed by atoms with Crippen molar-refractivity contribution < 1.29 is 51.7 Å². The van der Waals surface area contributed by atoms with Crippen molar-refractivity contribution >= 4 is 37.2 Å². The maximum atomic E-state index is 15.8. The van der Waals surface area contributed by atoms with Crippen molar-refractivity contribution in [3.05, 3.63) is 131 Å². The molecule has 2 aliphatic heterocycles. The summed E-state index contributed by atoms with van der Waals surface area (Å²) in [6.45, 7) is 12.6. The fraction of sp³-hybridized carbons (Fsp3) is 0.451. The number of hydrogen-bond donors (Lipinski definition) is 3. The summed E-state index contributed by atoms with van der Waals surface area (Å²) in [4.78, 5) is 45.0. The number of hydrogen-bond acceptors (Lipinski definition) is 12. The Morgan fingerprint density at radius 2 is 1.62 bits per heavy atom. The molecule has 0 aromatic heterocycles. The molecule has 1 spiro atoms. The maximum absolute atomic E-state index is 15.8. The van der Waals surface area contributed by atoms with Crippen LogP contribution in [0.2, 0.25) is 0 Å². The van der Waals surface area contributed by atoms with Gasteiger partial charge in [-0.2, -0.15) is 0 Å². The van der Waals surface area contributed by atoms with E-state index < -0.39 is 67.3 Å². The molecule has 7 atom stereocenters. The molecule has 364 valence electrons. The quantitative estimate of drug-likeness (QED) is 0.0265. The Morgan fingerprint density at radius 3 is 2.26 bits per heavy atom. The summed E-state index contributed by atoms with van der Waals surface area (Å²) in [6, 6.07) is 32.9. The first-order valence-electron chi connectivity index (χ1n) is 23.1. The monoisotopic (exact) mass is 953 g/mol. The molecule has 0 radical (unpaired) electrons. The number of anilines is 1. The van der Waals surface area contributed by atoms with Crippen LogP contribution >= 0.6 is 7.60 Å². The van der Waals surface area contributed by atoms with E-state index in [1.165, 1.54) is 6.92 Å². The molecule has 2 heterocycles. The second-order valence-electron chi connectivity index (χ2n) is 18.8. The third-order valence-corrected chi connectivity index (χ3v) is 13.7. The lowest BCUT2D eigenvalue weighted by Crippen LogP contribution is -2.53. The van der Waals surface area contributed by atoms with Gasteiger partial charge in [-0.3, -0.25) is 15.2 Å². The molecule has 1 saturated carbocycles. The molecular weight excluding hydrogens is 890 g/mol. The average molecular weight is 954 g/mol. The first kappa shape index (κ1) is 50.1. The maximum Gasteiger partial charge on any atom is 0.412 e. The third kappa shape index (κ3) is 11.9. The van der Waals surface area contributed by atoms with Gasteiger partial charge in [0.05, 0.1) is 23.9 Å². The second-order valence-corrected chi connectivity index (χ2v) is 20.7. The number of urea groups is 1. The van der Waals surface area contributed by atoms with E-state index in [1.54, 1.807) is 76.2 Å². The third-order valence-electron chi connectivity index (χ3n) is 12.1. The topological polar surface area (TPSA) is 201 Å². The number of nitrogens with zero attached hydrogens (tertiary/aromatic N) is 2. The van der Waals surface area contributed by atoms with Crippen LogP contribution in [0.1, 0.15) is 89.5 Å². The highest BCUT2D eigenvalue weighted by atomic mass is 31.2. The highest BCUT2D eigenvalue weighted by Crippen LogP contribution is 2.63. The zero-order valence-corrected chi connectivity index (χ0v) is 40.7. The molecule has 3 aliphatic rings. The lowest BCUT2D eigenvalue weighted by molar-refractivity contribution is -0.159. The minimum atomic E-state index is -4.08. The Morgan fingerprint density at radius 1 is 0.956 bits per heavy atom. The number of amidine groups is 1. The van der Waals surface area contributed by atoms with E-state index in [9.17, 15) is 14.2 Å². The summed E-state index contributed by atoms with van der Waals surface area (Å²) in [5, 5.41) is 11.2. The number of carbonyl (C=O) groups excluding carboxylic acids is 3. The van der Waals surface area contributed by atoms with E-state index in [2.05, 4.69) is 17.4 Å². The van der Waals surface area contributed by atoms with Crippen molar-refractivity contribution in [2.24, 2.45) is 5.73 Å². The second kappa shape index (κ2) is 20.8. The normalized spacial score (nSPS) is 23.2. The molecule has 4 aromatic carbocycles. The fourth-order valence-corrected chi connectivity index (χ4v) is 10.7. The first-order valence-corrected chi connectivity index (χ1v) is 24.8. The van der Waals surface area contributed by atoms with Gasteiger partial charge in [-0.05, 0) is 109 Å². The first-order chi connectivity index (χ1) is 32.3. The molecule has 3 unspecified atom stereocenters. The van der Waals surface area contributed by atoms with E-state index in [0.29, 0.717) is 24.8 Å².